The van der Waals surface area contributed by atoms with Crippen molar-refractivity contribution in [2.45, 2.75) is 46.0 Å². The fraction of sp³-hybridized carbons (Fsp3) is 0.533. The molecule has 112 valence electrons. The van der Waals surface area contributed by atoms with Crippen molar-refractivity contribution >= 4 is 19.2 Å². The van der Waals surface area contributed by atoms with Gasteiger partial charge in [0.05, 0.1) is 15.2 Å². The number of carbonyl (C=O) groups is 1. The second-order valence-corrected chi connectivity index (χ2v) is 12.0. The number of hydrogen-bond donors (Lipinski definition) is 1. The molecule has 1 amide bonds. The van der Waals surface area contributed by atoms with Crippen molar-refractivity contribution in [2.75, 3.05) is 7.11 Å². The number of rotatable bonds is 3. The Kier molecular flexibility index (Phi) is 4.64. The molecule has 5 heteroatoms. The molecule has 1 rings (SSSR count). The average Bonchev–Trinajstić information content (AvgIpc) is 2.23. The van der Waals surface area contributed by atoms with Gasteiger partial charge in [0.15, 0.2) is 0 Å². The van der Waals surface area contributed by atoms with Crippen LogP contribution in [0, 0.1) is 5.82 Å². The lowest BCUT2D eigenvalue weighted by Gasteiger charge is -2.23. The molecule has 0 aromatic heterocycles. The summed E-state index contributed by atoms with van der Waals surface area (Å²) in [6, 6.07) is 2.93. The number of amides is 1. The first-order chi connectivity index (χ1) is 8.95. The maximum Gasteiger partial charge on any atom is 0.251 e. The molecule has 0 heterocycles. The van der Waals surface area contributed by atoms with Gasteiger partial charge in [-0.05, 0) is 32.9 Å². The molecule has 0 radical (unpaired) electrons. The Hall–Kier alpha value is -1.36. The SMILES string of the molecule is COc1cc(C(=O)NC(C)(C)C)cc(F)c1[Si](C)(C)C. The lowest BCUT2D eigenvalue weighted by molar-refractivity contribution is 0.0918. The third-order valence-corrected chi connectivity index (χ3v) is 4.76. The van der Waals surface area contributed by atoms with Crippen LogP contribution in [0.2, 0.25) is 19.6 Å². The number of ether oxygens (including phenoxy) is 1. The summed E-state index contributed by atoms with van der Waals surface area (Å²) in [4.78, 5) is 12.1. The molecule has 0 atom stereocenters. The quantitative estimate of drug-likeness (QED) is 0.871. The molecule has 20 heavy (non-hydrogen) atoms. The topological polar surface area (TPSA) is 38.3 Å². The van der Waals surface area contributed by atoms with Crippen LogP contribution in [0.4, 0.5) is 4.39 Å². The van der Waals surface area contributed by atoms with E-state index in [4.69, 9.17) is 4.74 Å². The zero-order valence-corrected chi connectivity index (χ0v) is 14.3. The van der Waals surface area contributed by atoms with Gasteiger partial charge in [0, 0.05) is 16.3 Å². The highest BCUT2D eigenvalue weighted by Gasteiger charge is 2.27. The van der Waals surface area contributed by atoms with E-state index in [0.717, 1.165) is 0 Å². The summed E-state index contributed by atoms with van der Waals surface area (Å²) in [6.45, 7) is 11.8. The van der Waals surface area contributed by atoms with Gasteiger partial charge in [-0.3, -0.25) is 4.79 Å². The van der Waals surface area contributed by atoms with E-state index in [1.165, 1.54) is 13.2 Å². The largest absolute Gasteiger partial charge is 0.497 e. The maximum atomic E-state index is 14.4. The first kappa shape index (κ1) is 16.7. The van der Waals surface area contributed by atoms with E-state index >= 15 is 0 Å². The Morgan fingerprint density at radius 1 is 1.25 bits per heavy atom. The normalized spacial score (nSPS) is 12.2. The van der Waals surface area contributed by atoms with E-state index in [0.29, 0.717) is 10.9 Å². The van der Waals surface area contributed by atoms with Crippen molar-refractivity contribution in [1.82, 2.24) is 5.32 Å². The van der Waals surface area contributed by atoms with Gasteiger partial charge in [0.2, 0.25) is 0 Å². The zero-order valence-electron chi connectivity index (χ0n) is 13.3. The molecular weight excluding hydrogens is 273 g/mol. The average molecular weight is 297 g/mol. The zero-order chi connectivity index (χ0) is 15.7. The van der Waals surface area contributed by atoms with Crippen LogP contribution in [0.1, 0.15) is 31.1 Å². The van der Waals surface area contributed by atoms with Crippen LogP contribution in [-0.4, -0.2) is 26.6 Å². The summed E-state index contributed by atoms with van der Waals surface area (Å²) >= 11 is 0. The molecule has 1 N–H and O–H groups in total. The molecule has 0 aliphatic rings. The van der Waals surface area contributed by atoms with Gasteiger partial charge in [-0.15, -0.1) is 0 Å². The Balaban J connectivity index is 3.28. The van der Waals surface area contributed by atoms with Crippen molar-refractivity contribution < 1.29 is 13.9 Å². The van der Waals surface area contributed by atoms with Gasteiger partial charge in [-0.25, -0.2) is 4.39 Å². The van der Waals surface area contributed by atoms with E-state index in [1.54, 1.807) is 6.07 Å². The van der Waals surface area contributed by atoms with Crippen LogP contribution in [0.5, 0.6) is 5.75 Å². The smallest absolute Gasteiger partial charge is 0.251 e. The Bertz CT molecular complexity index is 516. The third-order valence-electron chi connectivity index (χ3n) is 2.77. The molecular formula is C15H24FNO2Si. The van der Waals surface area contributed by atoms with Gasteiger partial charge < -0.3 is 10.1 Å². The van der Waals surface area contributed by atoms with Crippen LogP contribution in [0.15, 0.2) is 12.1 Å². The molecule has 0 bridgehead atoms. The summed E-state index contributed by atoms with van der Waals surface area (Å²) in [5.74, 6) is -0.192. The summed E-state index contributed by atoms with van der Waals surface area (Å²) in [6.07, 6.45) is 0. The fourth-order valence-electron chi connectivity index (χ4n) is 2.01. The standard InChI is InChI=1S/C15H24FNO2Si/c1-15(2,3)17-14(18)10-8-11(16)13(20(5,6)7)12(9-10)19-4/h8-9H,1-7H3,(H,17,18). The highest BCUT2D eigenvalue weighted by atomic mass is 28.3. The van der Waals surface area contributed by atoms with Gasteiger partial charge in [0.1, 0.15) is 11.6 Å². The lowest BCUT2D eigenvalue weighted by Crippen LogP contribution is -2.43. The second-order valence-electron chi connectivity index (χ2n) is 6.99. The molecule has 0 saturated carbocycles. The Morgan fingerprint density at radius 2 is 1.80 bits per heavy atom. The van der Waals surface area contributed by atoms with E-state index < -0.39 is 8.07 Å². The van der Waals surface area contributed by atoms with Gasteiger partial charge in [-0.2, -0.15) is 0 Å². The molecule has 0 aliphatic heterocycles. The van der Waals surface area contributed by atoms with Crippen molar-refractivity contribution in [3.8, 4) is 5.75 Å². The van der Waals surface area contributed by atoms with Crippen molar-refractivity contribution in [3.05, 3.63) is 23.5 Å². The second kappa shape index (κ2) is 5.56. The van der Waals surface area contributed by atoms with Crippen LogP contribution in [-0.2, 0) is 0 Å². The molecule has 0 spiro atoms. The van der Waals surface area contributed by atoms with Crippen LogP contribution in [0.3, 0.4) is 0 Å². The van der Waals surface area contributed by atoms with E-state index in [1.807, 2.05) is 40.4 Å². The lowest BCUT2D eigenvalue weighted by atomic mass is 10.1. The summed E-state index contributed by atoms with van der Waals surface area (Å²) in [5, 5.41) is 3.44. The molecule has 0 saturated heterocycles. The van der Waals surface area contributed by atoms with Crippen LogP contribution < -0.4 is 15.2 Å². The van der Waals surface area contributed by atoms with E-state index in [2.05, 4.69) is 5.32 Å². The first-order valence-corrected chi connectivity index (χ1v) is 10.2. The van der Waals surface area contributed by atoms with E-state index in [9.17, 15) is 9.18 Å². The highest BCUT2D eigenvalue weighted by Crippen LogP contribution is 2.20. The number of halogens is 1. The highest BCUT2D eigenvalue weighted by molar-refractivity contribution is 6.89. The number of nitrogens with one attached hydrogen (secondary N) is 1. The number of hydrogen-bond acceptors (Lipinski definition) is 2. The monoisotopic (exact) mass is 297 g/mol. The minimum atomic E-state index is -1.88. The van der Waals surface area contributed by atoms with Gasteiger partial charge >= 0.3 is 0 Å². The van der Waals surface area contributed by atoms with Crippen molar-refractivity contribution in [3.63, 3.8) is 0 Å². The van der Waals surface area contributed by atoms with Crippen LogP contribution >= 0.6 is 0 Å². The van der Waals surface area contributed by atoms with Crippen LogP contribution in [0.25, 0.3) is 0 Å². The number of carbonyl (C=O) groups excluding carboxylic acids is 1. The molecule has 1 aromatic rings. The molecule has 1 aromatic carbocycles. The van der Waals surface area contributed by atoms with Gasteiger partial charge in [0.25, 0.3) is 5.91 Å². The van der Waals surface area contributed by atoms with Crippen molar-refractivity contribution in [1.29, 1.82) is 0 Å². The minimum absolute atomic E-state index is 0.288. The molecule has 0 aliphatic carbocycles. The van der Waals surface area contributed by atoms with Crippen molar-refractivity contribution in [2.24, 2.45) is 0 Å². The predicted octanol–water partition coefficient (Wildman–Crippen LogP) is 2.91. The summed E-state index contributed by atoms with van der Waals surface area (Å²) < 4.78 is 19.6. The molecule has 0 fully saturated rings. The summed E-state index contributed by atoms with van der Waals surface area (Å²) in [7, 11) is -0.376. The number of methoxy groups -OCH3 is 1. The van der Waals surface area contributed by atoms with E-state index in [-0.39, 0.29) is 22.8 Å². The number of benzene rings is 1. The maximum absolute atomic E-state index is 14.4. The molecule has 3 nitrogen and oxygen atoms in total. The molecule has 0 unspecified atom stereocenters. The Labute approximate surface area is 121 Å². The Morgan fingerprint density at radius 3 is 2.20 bits per heavy atom. The predicted molar refractivity (Wildman–Crippen MR) is 83.2 cm³/mol. The third kappa shape index (κ3) is 4.06. The minimum Gasteiger partial charge on any atom is -0.497 e. The summed E-state index contributed by atoms with van der Waals surface area (Å²) in [5.41, 5.74) is -0.0746. The fourth-order valence-corrected chi connectivity index (χ4v) is 3.72. The van der Waals surface area contributed by atoms with Gasteiger partial charge in [-0.1, -0.05) is 19.6 Å². The first-order valence-electron chi connectivity index (χ1n) is 6.66.